The standard InChI is InChI=1S/C17H18ClN5OS/c1-12-16(25-11-19-12)7-8-22(2)17(24)15-10-23(21-20-15)9-13-3-5-14(18)6-4-13/h3-6,10-11H,7-9H2,1-2H3. The number of rotatable bonds is 6. The number of aromatic nitrogens is 4. The van der Waals surface area contributed by atoms with Gasteiger partial charge in [-0.1, -0.05) is 28.9 Å². The third-order valence-electron chi connectivity index (χ3n) is 3.88. The van der Waals surface area contributed by atoms with Crippen LogP contribution in [0.4, 0.5) is 0 Å². The Hall–Kier alpha value is -2.25. The third kappa shape index (κ3) is 4.43. The molecule has 0 atom stereocenters. The van der Waals surface area contributed by atoms with Crippen LogP contribution in [-0.2, 0) is 13.0 Å². The number of thiazole rings is 1. The number of aryl methyl sites for hydroxylation is 1. The summed E-state index contributed by atoms with van der Waals surface area (Å²) in [6.07, 6.45) is 2.46. The molecule has 1 amide bonds. The Morgan fingerprint density at radius 1 is 1.32 bits per heavy atom. The van der Waals surface area contributed by atoms with Crippen LogP contribution in [0.15, 0.2) is 36.0 Å². The molecule has 8 heteroatoms. The van der Waals surface area contributed by atoms with E-state index in [1.165, 1.54) is 4.88 Å². The summed E-state index contributed by atoms with van der Waals surface area (Å²) in [5, 5.41) is 8.73. The predicted molar refractivity (Wildman–Crippen MR) is 98.1 cm³/mol. The lowest BCUT2D eigenvalue weighted by molar-refractivity contribution is 0.0791. The molecule has 0 unspecified atom stereocenters. The van der Waals surface area contributed by atoms with Gasteiger partial charge in [-0.05, 0) is 24.6 Å². The summed E-state index contributed by atoms with van der Waals surface area (Å²) in [6.45, 7) is 3.14. The van der Waals surface area contributed by atoms with Crippen LogP contribution in [0.2, 0.25) is 5.02 Å². The van der Waals surface area contributed by atoms with Crippen LogP contribution < -0.4 is 0 Å². The second-order valence-electron chi connectivity index (χ2n) is 5.77. The summed E-state index contributed by atoms with van der Waals surface area (Å²) in [4.78, 5) is 19.6. The van der Waals surface area contributed by atoms with Gasteiger partial charge in [0.1, 0.15) is 0 Å². The molecular formula is C17H18ClN5OS. The van der Waals surface area contributed by atoms with Gasteiger partial charge in [0, 0.05) is 29.9 Å². The zero-order valence-corrected chi connectivity index (χ0v) is 15.6. The highest BCUT2D eigenvalue weighted by atomic mass is 35.5. The SMILES string of the molecule is Cc1ncsc1CCN(C)C(=O)c1cn(Cc2ccc(Cl)cc2)nn1. The summed E-state index contributed by atoms with van der Waals surface area (Å²) < 4.78 is 1.65. The number of likely N-dealkylation sites (N-methyl/N-ethyl adjacent to an activating group) is 1. The van der Waals surface area contributed by atoms with Gasteiger partial charge in [0.05, 0.1) is 23.9 Å². The summed E-state index contributed by atoms with van der Waals surface area (Å²) in [7, 11) is 1.77. The molecule has 0 bridgehead atoms. The molecule has 0 spiro atoms. The fourth-order valence-electron chi connectivity index (χ4n) is 2.38. The van der Waals surface area contributed by atoms with Gasteiger partial charge in [-0.3, -0.25) is 4.79 Å². The summed E-state index contributed by atoms with van der Waals surface area (Å²) in [6, 6.07) is 7.51. The molecule has 25 heavy (non-hydrogen) atoms. The molecule has 3 aromatic rings. The molecule has 0 N–H and O–H groups in total. The quantitative estimate of drug-likeness (QED) is 0.664. The molecule has 0 aliphatic carbocycles. The Morgan fingerprint density at radius 2 is 2.08 bits per heavy atom. The van der Waals surface area contributed by atoms with E-state index >= 15 is 0 Å². The van der Waals surface area contributed by atoms with Gasteiger partial charge in [-0.25, -0.2) is 9.67 Å². The first-order chi connectivity index (χ1) is 12.0. The molecule has 130 valence electrons. The van der Waals surface area contributed by atoms with Gasteiger partial charge >= 0.3 is 0 Å². The Kier molecular flexibility index (Phi) is 5.45. The zero-order valence-electron chi connectivity index (χ0n) is 14.0. The molecule has 0 radical (unpaired) electrons. The summed E-state index contributed by atoms with van der Waals surface area (Å²) in [5.74, 6) is -0.135. The molecule has 0 saturated carbocycles. The minimum atomic E-state index is -0.135. The number of hydrogen-bond donors (Lipinski definition) is 0. The van der Waals surface area contributed by atoms with Gasteiger partial charge < -0.3 is 4.90 Å². The van der Waals surface area contributed by atoms with Gasteiger partial charge in [-0.15, -0.1) is 16.4 Å². The lowest BCUT2D eigenvalue weighted by Gasteiger charge is -2.14. The first-order valence-electron chi connectivity index (χ1n) is 7.82. The number of carbonyl (C=O) groups is 1. The molecule has 0 aliphatic heterocycles. The Balaban J connectivity index is 1.59. The summed E-state index contributed by atoms with van der Waals surface area (Å²) >= 11 is 7.50. The average molecular weight is 376 g/mol. The van der Waals surface area contributed by atoms with Crippen molar-refractivity contribution in [2.45, 2.75) is 19.9 Å². The number of carbonyl (C=O) groups excluding carboxylic acids is 1. The van der Waals surface area contributed by atoms with Crippen molar-refractivity contribution in [1.29, 1.82) is 0 Å². The largest absolute Gasteiger partial charge is 0.340 e. The maximum atomic E-state index is 12.5. The average Bonchev–Trinajstić information content (AvgIpc) is 3.23. The molecule has 2 heterocycles. The van der Waals surface area contributed by atoms with E-state index in [0.29, 0.717) is 23.8 Å². The summed E-state index contributed by atoms with van der Waals surface area (Å²) in [5.41, 5.74) is 4.24. The van der Waals surface area contributed by atoms with Crippen LogP contribution in [0.3, 0.4) is 0 Å². The van der Waals surface area contributed by atoms with Crippen molar-refractivity contribution in [2.24, 2.45) is 0 Å². The Bertz CT molecular complexity index is 858. The third-order valence-corrected chi connectivity index (χ3v) is 5.13. The van der Waals surface area contributed by atoms with Crippen molar-refractivity contribution in [3.8, 4) is 0 Å². The highest BCUT2D eigenvalue weighted by Crippen LogP contribution is 2.14. The van der Waals surface area contributed by atoms with Crippen LogP contribution in [0.25, 0.3) is 0 Å². The molecule has 6 nitrogen and oxygen atoms in total. The van der Waals surface area contributed by atoms with E-state index in [1.807, 2.05) is 36.7 Å². The highest BCUT2D eigenvalue weighted by molar-refractivity contribution is 7.09. The van der Waals surface area contributed by atoms with E-state index in [2.05, 4.69) is 15.3 Å². The maximum absolute atomic E-state index is 12.5. The van der Waals surface area contributed by atoms with Crippen LogP contribution in [0.1, 0.15) is 26.6 Å². The lowest BCUT2D eigenvalue weighted by atomic mass is 10.2. The van der Waals surface area contributed by atoms with Gasteiger partial charge in [0.15, 0.2) is 5.69 Å². The molecule has 0 saturated heterocycles. The van der Waals surface area contributed by atoms with Crippen molar-refractivity contribution in [1.82, 2.24) is 24.9 Å². The van der Waals surface area contributed by atoms with Crippen molar-refractivity contribution in [2.75, 3.05) is 13.6 Å². The second kappa shape index (κ2) is 7.76. The first kappa shape index (κ1) is 17.6. The lowest BCUT2D eigenvalue weighted by Crippen LogP contribution is -2.29. The van der Waals surface area contributed by atoms with E-state index < -0.39 is 0 Å². The van der Waals surface area contributed by atoms with Crippen LogP contribution in [0, 0.1) is 6.92 Å². The molecule has 0 aliphatic rings. The van der Waals surface area contributed by atoms with Crippen molar-refractivity contribution < 1.29 is 4.79 Å². The molecule has 1 aromatic carbocycles. The topological polar surface area (TPSA) is 63.9 Å². The van der Waals surface area contributed by atoms with Gasteiger partial charge in [0.25, 0.3) is 5.91 Å². The van der Waals surface area contributed by atoms with E-state index in [1.54, 1.807) is 34.2 Å². The normalized spacial score (nSPS) is 10.8. The number of nitrogens with zero attached hydrogens (tertiary/aromatic N) is 5. The Labute approximate surface area is 155 Å². The van der Waals surface area contributed by atoms with Gasteiger partial charge in [0.2, 0.25) is 0 Å². The van der Waals surface area contributed by atoms with Crippen molar-refractivity contribution in [3.63, 3.8) is 0 Å². The first-order valence-corrected chi connectivity index (χ1v) is 9.07. The zero-order chi connectivity index (χ0) is 17.8. The molecule has 2 aromatic heterocycles. The number of hydrogen-bond acceptors (Lipinski definition) is 5. The molecule has 0 fully saturated rings. The number of benzene rings is 1. The van der Waals surface area contributed by atoms with Crippen LogP contribution >= 0.6 is 22.9 Å². The smallest absolute Gasteiger partial charge is 0.275 e. The fraction of sp³-hybridized carbons (Fsp3) is 0.294. The molecule has 3 rings (SSSR count). The van der Waals surface area contributed by atoms with E-state index in [-0.39, 0.29) is 5.91 Å². The number of amides is 1. The monoisotopic (exact) mass is 375 g/mol. The van der Waals surface area contributed by atoms with Crippen molar-refractivity contribution >= 4 is 28.8 Å². The highest BCUT2D eigenvalue weighted by Gasteiger charge is 2.16. The molecular weight excluding hydrogens is 358 g/mol. The minimum Gasteiger partial charge on any atom is -0.340 e. The van der Waals surface area contributed by atoms with Crippen LogP contribution in [0.5, 0.6) is 0 Å². The van der Waals surface area contributed by atoms with E-state index in [4.69, 9.17) is 11.6 Å². The van der Waals surface area contributed by atoms with E-state index in [9.17, 15) is 4.79 Å². The van der Waals surface area contributed by atoms with Crippen LogP contribution in [-0.4, -0.2) is 44.4 Å². The predicted octanol–water partition coefficient (Wildman–Crippen LogP) is 3.06. The minimum absolute atomic E-state index is 0.135. The number of halogens is 1. The Morgan fingerprint density at radius 3 is 2.76 bits per heavy atom. The van der Waals surface area contributed by atoms with E-state index in [0.717, 1.165) is 17.7 Å². The maximum Gasteiger partial charge on any atom is 0.275 e. The fourth-order valence-corrected chi connectivity index (χ4v) is 3.28. The second-order valence-corrected chi connectivity index (χ2v) is 7.14. The van der Waals surface area contributed by atoms with Crippen molar-refractivity contribution in [3.05, 3.63) is 62.8 Å². The van der Waals surface area contributed by atoms with Gasteiger partial charge in [-0.2, -0.15) is 0 Å².